The summed E-state index contributed by atoms with van der Waals surface area (Å²) in [6, 6.07) is 9.36. The van der Waals surface area contributed by atoms with Crippen LogP contribution in [0.5, 0.6) is 0 Å². The third-order valence-electron chi connectivity index (χ3n) is 5.13. The topological polar surface area (TPSA) is 18.5 Å². The first-order valence-electron chi connectivity index (χ1n) is 9.08. The summed E-state index contributed by atoms with van der Waals surface area (Å²) in [6.07, 6.45) is 9.20. The molecule has 0 bridgehead atoms. The van der Waals surface area contributed by atoms with Crippen LogP contribution in [-0.2, 0) is 6.54 Å². The second-order valence-electron chi connectivity index (χ2n) is 6.96. The molecule has 4 heteroatoms. The number of hydrogen-bond donors (Lipinski definition) is 1. The van der Waals surface area contributed by atoms with Crippen LogP contribution in [0.25, 0.3) is 0 Å². The first kappa shape index (κ1) is 16.6. The quantitative estimate of drug-likeness (QED) is 0.842. The number of nitrogens with zero attached hydrogens (tertiary/aromatic N) is 2. The maximum absolute atomic E-state index is 5.64. The summed E-state index contributed by atoms with van der Waals surface area (Å²) >= 11 is 5.64. The van der Waals surface area contributed by atoms with Gasteiger partial charge in [0.25, 0.3) is 0 Å². The van der Waals surface area contributed by atoms with Gasteiger partial charge in [-0.2, -0.15) is 0 Å². The van der Waals surface area contributed by atoms with E-state index in [4.69, 9.17) is 12.2 Å². The highest BCUT2D eigenvalue weighted by Crippen LogP contribution is 2.25. The Morgan fingerprint density at radius 1 is 1.13 bits per heavy atom. The van der Waals surface area contributed by atoms with Gasteiger partial charge in [0.2, 0.25) is 0 Å². The van der Waals surface area contributed by atoms with Crippen LogP contribution in [0.15, 0.2) is 24.3 Å². The first-order valence-corrected chi connectivity index (χ1v) is 9.49. The van der Waals surface area contributed by atoms with Crippen molar-refractivity contribution in [3.63, 3.8) is 0 Å². The van der Waals surface area contributed by atoms with E-state index in [1.807, 2.05) is 0 Å². The van der Waals surface area contributed by atoms with Gasteiger partial charge in [-0.15, -0.1) is 0 Å². The van der Waals surface area contributed by atoms with Crippen LogP contribution < -0.4 is 10.2 Å². The van der Waals surface area contributed by atoms with Gasteiger partial charge in [0.15, 0.2) is 5.11 Å². The summed E-state index contributed by atoms with van der Waals surface area (Å²) in [5, 5.41) is 4.47. The molecule has 1 aromatic rings. The van der Waals surface area contributed by atoms with Crippen molar-refractivity contribution in [1.29, 1.82) is 0 Å². The van der Waals surface area contributed by atoms with Gasteiger partial charge in [0, 0.05) is 38.4 Å². The summed E-state index contributed by atoms with van der Waals surface area (Å²) in [5.74, 6) is 0. The molecule has 0 amide bonds. The van der Waals surface area contributed by atoms with E-state index in [9.17, 15) is 0 Å². The molecule has 1 heterocycles. The second kappa shape index (κ2) is 8.00. The highest BCUT2D eigenvalue weighted by Gasteiger charge is 2.18. The van der Waals surface area contributed by atoms with E-state index in [1.54, 1.807) is 0 Å². The Balaban J connectivity index is 1.60. The van der Waals surface area contributed by atoms with Crippen molar-refractivity contribution in [3.8, 4) is 0 Å². The lowest BCUT2D eigenvalue weighted by Gasteiger charge is -2.30. The minimum Gasteiger partial charge on any atom is -0.371 e. The third-order valence-corrected chi connectivity index (χ3v) is 5.55. The smallest absolute Gasteiger partial charge is 0.169 e. The molecular formula is C19H29N3S. The zero-order valence-corrected chi connectivity index (χ0v) is 15.1. The fourth-order valence-corrected chi connectivity index (χ4v) is 4.00. The average Bonchev–Trinajstić information content (AvgIpc) is 3.10. The zero-order chi connectivity index (χ0) is 16.1. The molecule has 1 N–H and O–H groups in total. The molecule has 2 aliphatic rings. The predicted octanol–water partition coefficient (Wildman–Crippen LogP) is 3.93. The Hall–Kier alpha value is -1.29. The number of nitrogens with one attached hydrogen (secondary N) is 1. The number of benzene rings is 1. The van der Waals surface area contributed by atoms with Gasteiger partial charge in [-0.1, -0.05) is 37.5 Å². The summed E-state index contributed by atoms with van der Waals surface area (Å²) in [7, 11) is 2.11. The normalized spacial score (nSPS) is 18.9. The summed E-state index contributed by atoms with van der Waals surface area (Å²) in [6.45, 7) is 3.25. The molecule has 1 saturated heterocycles. The lowest BCUT2D eigenvalue weighted by molar-refractivity contribution is 0.392. The molecule has 126 valence electrons. The van der Waals surface area contributed by atoms with Crippen molar-refractivity contribution in [2.75, 3.05) is 25.0 Å². The molecule has 0 aromatic heterocycles. The molecule has 0 spiro atoms. The van der Waals surface area contributed by atoms with E-state index in [1.165, 1.54) is 69.3 Å². The summed E-state index contributed by atoms with van der Waals surface area (Å²) in [5.41, 5.74) is 2.77. The fraction of sp³-hybridized carbons (Fsp3) is 0.632. The molecule has 1 aromatic carbocycles. The van der Waals surface area contributed by atoms with E-state index in [0.717, 1.165) is 11.7 Å². The van der Waals surface area contributed by atoms with Crippen LogP contribution in [0.2, 0.25) is 0 Å². The highest BCUT2D eigenvalue weighted by atomic mass is 32.1. The molecule has 23 heavy (non-hydrogen) atoms. The van der Waals surface area contributed by atoms with E-state index in [2.05, 4.69) is 46.4 Å². The molecule has 1 aliphatic carbocycles. The zero-order valence-electron chi connectivity index (χ0n) is 14.3. The monoisotopic (exact) mass is 331 g/mol. The lowest BCUT2D eigenvalue weighted by atomic mass is 9.96. The molecule has 0 unspecified atom stereocenters. The van der Waals surface area contributed by atoms with Crippen LogP contribution in [0.3, 0.4) is 0 Å². The van der Waals surface area contributed by atoms with Crippen molar-refractivity contribution in [3.05, 3.63) is 29.8 Å². The number of anilines is 1. The minimum atomic E-state index is 0.576. The summed E-state index contributed by atoms with van der Waals surface area (Å²) in [4.78, 5) is 4.71. The number of para-hydroxylation sites is 1. The Kier molecular flexibility index (Phi) is 5.76. The van der Waals surface area contributed by atoms with Crippen LogP contribution in [0.1, 0.15) is 50.5 Å². The predicted molar refractivity (Wildman–Crippen MR) is 102 cm³/mol. The van der Waals surface area contributed by atoms with Crippen molar-refractivity contribution in [1.82, 2.24) is 10.2 Å². The van der Waals surface area contributed by atoms with Crippen molar-refractivity contribution in [2.45, 2.75) is 57.5 Å². The molecule has 0 radical (unpaired) electrons. The minimum absolute atomic E-state index is 0.576. The van der Waals surface area contributed by atoms with Crippen LogP contribution in [-0.4, -0.2) is 36.2 Å². The van der Waals surface area contributed by atoms with Gasteiger partial charge in [0.1, 0.15) is 0 Å². The van der Waals surface area contributed by atoms with Crippen LogP contribution >= 0.6 is 12.2 Å². The largest absolute Gasteiger partial charge is 0.371 e. The Morgan fingerprint density at radius 2 is 1.83 bits per heavy atom. The van der Waals surface area contributed by atoms with Gasteiger partial charge < -0.3 is 15.1 Å². The molecule has 0 atom stereocenters. The number of thiocarbonyl (C=S) groups is 1. The standard InChI is InChI=1S/C19H29N3S/c1-21(19(23)20-17-10-3-2-4-11-17)15-16-9-5-6-12-18(16)22-13-7-8-14-22/h5-6,9,12,17H,2-4,7-8,10-11,13-15H2,1H3,(H,20,23). The van der Waals surface area contributed by atoms with Gasteiger partial charge in [-0.25, -0.2) is 0 Å². The summed E-state index contributed by atoms with van der Waals surface area (Å²) < 4.78 is 0. The van der Waals surface area contributed by atoms with E-state index < -0.39 is 0 Å². The number of hydrogen-bond acceptors (Lipinski definition) is 2. The molecule has 1 aliphatic heterocycles. The van der Waals surface area contributed by atoms with Crippen molar-refractivity contribution < 1.29 is 0 Å². The van der Waals surface area contributed by atoms with Crippen molar-refractivity contribution in [2.24, 2.45) is 0 Å². The van der Waals surface area contributed by atoms with E-state index in [0.29, 0.717) is 6.04 Å². The lowest BCUT2D eigenvalue weighted by Crippen LogP contribution is -2.43. The molecule has 3 nitrogen and oxygen atoms in total. The molecule has 2 fully saturated rings. The maximum Gasteiger partial charge on any atom is 0.169 e. The fourth-order valence-electron chi connectivity index (χ4n) is 3.77. The molecule has 3 rings (SSSR count). The van der Waals surface area contributed by atoms with Gasteiger partial charge in [0.05, 0.1) is 0 Å². The van der Waals surface area contributed by atoms with Gasteiger partial charge >= 0.3 is 0 Å². The Labute approximate surface area is 146 Å². The van der Waals surface area contributed by atoms with Gasteiger partial charge in [-0.3, -0.25) is 0 Å². The van der Waals surface area contributed by atoms with Gasteiger partial charge in [-0.05, 0) is 49.5 Å². The SMILES string of the molecule is CN(Cc1ccccc1N1CCCC1)C(=S)NC1CCCCC1. The van der Waals surface area contributed by atoms with E-state index >= 15 is 0 Å². The average molecular weight is 332 g/mol. The van der Waals surface area contributed by atoms with Crippen LogP contribution in [0.4, 0.5) is 5.69 Å². The van der Waals surface area contributed by atoms with E-state index in [-0.39, 0.29) is 0 Å². The number of rotatable bonds is 4. The maximum atomic E-state index is 5.64. The Bertz CT molecular complexity index is 519. The third kappa shape index (κ3) is 4.37. The molecular weight excluding hydrogens is 302 g/mol. The Morgan fingerprint density at radius 3 is 2.57 bits per heavy atom. The molecule has 1 saturated carbocycles. The van der Waals surface area contributed by atoms with Crippen molar-refractivity contribution >= 4 is 23.0 Å². The highest BCUT2D eigenvalue weighted by molar-refractivity contribution is 7.80. The first-order chi connectivity index (χ1) is 11.2. The van der Waals surface area contributed by atoms with Crippen LogP contribution in [0, 0.1) is 0 Å². The second-order valence-corrected chi connectivity index (χ2v) is 7.35.